The van der Waals surface area contributed by atoms with Crippen LogP contribution < -0.4 is 0 Å². The summed E-state index contributed by atoms with van der Waals surface area (Å²) in [6.07, 6.45) is 0. The first-order valence-corrected chi connectivity index (χ1v) is 4.91. The first-order valence-electron chi connectivity index (χ1n) is 4.91. The highest BCUT2D eigenvalue weighted by atomic mass is 16.5. The molecule has 0 atom stereocenters. The second-order valence-electron chi connectivity index (χ2n) is 3.10. The van der Waals surface area contributed by atoms with E-state index in [2.05, 4.69) is 4.74 Å². The first kappa shape index (κ1) is 15.6. The minimum atomic E-state index is -0.833. The number of ether oxygens (including phenoxy) is 1. The molecule has 4 N–H and O–H groups in total. The van der Waals surface area contributed by atoms with Crippen molar-refractivity contribution in [1.82, 2.24) is 0 Å². The van der Waals surface area contributed by atoms with Crippen LogP contribution >= 0.6 is 0 Å². The standard InChI is InChI=1S/C9H10O5.C2H4O2/c1-2-14-9(13)5-3-6(10)8(12)7(11)4-5;1-2(3)4/h3-4,10-12H,2H2,1H3;1H3,(H,3,4). The van der Waals surface area contributed by atoms with Gasteiger partial charge >= 0.3 is 5.97 Å². The first-order chi connectivity index (χ1) is 8.29. The van der Waals surface area contributed by atoms with Crippen molar-refractivity contribution in [2.24, 2.45) is 0 Å². The second kappa shape index (κ2) is 7.00. The SMILES string of the molecule is CC(=O)O.CCOC(=O)c1cc(O)c(O)c(O)c1. The Morgan fingerprint density at radius 1 is 1.17 bits per heavy atom. The van der Waals surface area contributed by atoms with E-state index in [9.17, 15) is 4.79 Å². The molecule has 1 rings (SSSR count). The van der Waals surface area contributed by atoms with Gasteiger partial charge < -0.3 is 25.2 Å². The van der Waals surface area contributed by atoms with Crippen molar-refractivity contribution in [3.8, 4) is 17.2 Å². The van der Waals surface area contributed by atoms with E-state index in [1.54, 1.807) is 6.92 Å². The maximum atomic E-state index is 11.1. The Hall–Kier alpha value is -2.44. The number of carboxylic acid groups (broad SMARTS) is 1. The maximum Gasteiger partial charge on any atom is 0.338 e. The van der Waals surface area contributed by atoms with Crippen LogP contribution in [0.4, 0.5) is 0 Å². The van der Waals surface area contributed by atoms with Crippen LogP contribution in [0, 0.1) is 0 Å². The van der Waals surface area contributed by atoms with Crippen LogP contribution in [0.3, 0.4) is 0 Å². The van der Waals surface area contributed by atoms with Crippen molar-refractivity contribution in [3.05, 3.63) is 17.7 Å². The number of phenolic OH excluding ortho intramolecular Hbond substituents is 3. The Kier molecular flexibility index (Phi) is 6.05. The van der Waals surface area contributed by atoms with Gasteiger partial charge in [-0.1, -0.05) is 0 Å². The zero-order valence-electron chi connectivity index (χ0n) is 9.88. The summed E-state index contributed by atoms with van der Waals surface area (Å²) < 4.78 is 4.63. The average Bonchev–Trinajstić information content (AvgIpc) is 2.24. The summed E-state index contributed by atoms with van der Waals surface area (Å²) in [6.45, 7) is 2.92. The van der Waals surface area contributed by atoms with E-state index in [1.807, 2.05) is 0 Å². The van der Waals surface area contributed by atoms with Crippen LogP contribution in [0.1, 0.15) is 24.2 Å². The molecule has 1 aromatic rings. The lowest BCUT2D eigenvalue weighted by Gasteiger charge is -2.04. The molecule has 0 saturated carbocycles. The molecule has 0 heterocycles. The second-order valence-corrected chi connectivity index (χ2v) is 3.10. The van der Waals surface area contributed by atoms with E-state index in [4.69, 9.17) is 25.2 Å². The third-order valence-electron chi connectivity index (χ3n) is 1.58. The molecule has 100 valence electrons. The number of carbonyl (C=O) groups excluding carboxylic acids is 1. The van der Waals surface area contributed by atoms with Crippen molar-refractivity contribution in [1.29, 1.82) is 0 Å². The number of benzene rings is 1. The van der Waals surface area contributed by atoms with Crippen molar-refractivity contribution in [2.75, 3.05) is 6.61 Å². The van der Waals surface area contributed by atoms with Gasteiger partial charge in [0.25, 0.3) is 5.97 Å². The smallest absolute Gasteiger partial charge is 0.338 e. The summed E-state index contributed by atoms with van der Waals surface area (Å²) in [6, 6.07) is 2.04. The van der Waals surface area contributed by atoms with Crippen molar-refractivity contribution >= 4 is 11.9 Å². The normalized spacial score (nSPS) is 9.00. The highest BCUT2D eigenvalue weighted by Gasteiger charge is 2.13. The summed E-state index contributed by atoms with van der Waals surface area (Å²) in [5.41, 5.74) is -0.0142. The zero-order chi connectivity index (χ0) is 14.3. The summed E-state index contributed by atoms with van der Waals surface area (Å²) in [4.78, 5) is 20.1. The van der Waals surface area contributed by atoms with Crippen molar-refractivity contribution in [2.45, 2.75) is 13.8 Å². The Labute approximate surface area is 103 Å². The summed E-state index contributed by atoms with van der Waals surface area (Å²) in [7, 11) is 0. The number of aromatic hydroxyl groups is 3. The fraction of sp³-hybridized carbons (Fsp3) is 0.273. The number of carboxylic acids is 1. The molecule has 0 aliphatic carbocycles. The number of carbonyl (C=O) groups is 2. The molecule has 0 aliphatic rings. The molecule has 7 heteroatoms. The molecule has 0 aromatic heterocycles. The van der Waals surface area contributed by atoms with E-state index in [0.29, 0.717) is 0 Å². The molecule has 0 radical (unpaired) electrons. The van der Waals surface area contributed by atoms with Gasteiger partial charge in [-0.05, 0) is 19.1 Å². The third kappa shape index (κ3) is 5.06. The molecule has 0 fully saturated rings. The van der Waals surface area contributed by atoms with E-state index < -0.39 is 29.2 Å². The number of aliphatic carboxylic acids is 1. The summed E-state index contributed by atoms with van der Waals surface area (Å²) in [5.74, 6) is -3.28. The van der Waals surface area contributed by atoms with E-state index in [1.165, 1.54) is 0 Å². The van der Waals surface area contributed by atoms with Gasteiger partial charge in [-0.2, -0.15) is 0 Å². The molecule has 1 aromatic carbocycles. The Bertz CT molecular complexity index is 412. The highest BCUT2D eigenvalue weighted by molar-refractivity contribution is 5.91. The highest BCUT2D eigenvalue weighted by Crippen LogP contribution is 2.35. The van der Waals surface area contributed by atoms with Gasteiger partial charge in [0.05, 0.1) is 12.2 Å². The zero-order valence-corrected chi connectivity index (χ0v) is 9.88. The maximum absolute atomic E-state index is 11.1. The molecule has 0 bridgehead atoms. The van der Waals surface area contributed by atoms with Crippen LogP contribution in [0.15, 0.2) is 12.1 Å². The lowest BCUT2D eigenvalue weighted by atomic mass is 10.2. The molecule has 7 nitrogen and oxygen atoms in total. The number of phenols is 3. The van der Waals surface area contributed by atoms with Gasteiger partial charge in [0.15, 0.2) is 17.2 Å². The Morgan fingerprint density at radius 2 is 1.56 bits per heavy atom. The van der Waals surface area contributed by atoms with Crippen LogP contribution in [0.5, 0.6) is 17.2 Å². The topological polar surface area (TPSA) is 124 Å². The van der Waals surface area contributed by atoms with Gasteiger partial charge in [-0.15, -0.1) is 0 Å². The van der Waals surface area contributed by atoms with Crippen LogP contribution in [-0.4, -0.2) is 39.0 Å². The summed E-state index contributed by atoms with van der Waals surface area (Å²) >= 11 is 0. The van der Waals surface area contributed by atoms with Gasteiger partial charge in [-0.25, -0.2) is 4.79 Å². The molecule has 0 saturated heterocycles. The summed E-state index contributed by atoms with van der Waals surface area (Å²) in [5, 5.41) is 34.6. The predicted molar refractivity (Wildman–Crippen MR) is 60.7 cm³/mol. The lowest BCUT2D eigenvalue weighted by molar-refractivity contribution is -0.134. The van der Waals surface area contributed by atoms with Crippen molar-refractivity contribution < 1.29 is 34.8 Å². The molecule has 0 unspecified atom stereocenters. The fourth-order valence-electron chi connectivity index (χ4n) is 0.936. The van der Waals surface area contributed by atoms with E-state index in [-0.39, 0.29) is 12.2 Å². The van der Waals surface area contributed by atoms with E-state index in [0.717, 1.165) is 19.1 Å². The molecule has 0 spiro atoms. The number of hydrogen-bond acceptors (Lipinski definition) is 6. The predicted octanol–water partition coefficient (Wildman–Crippen LogP) is 1.07. The lowest BCUT2D eigenvalue weighted by Crippen LogP contribution is -2.04. The molecule has 0 amide bonds. The molecular formula is C11H14O7. The molecular weight excluding hydrogens is 244 g/mol. The van der Waals surface area contributed by atoms with Crippen LogP contribution in [0.2, 0.25) is 0 Å². The number of hydrogen-bond donors (Lipinski definition) is 4. The number of esters is 1. The molecule has 0 aliphatic heterocycles. The van der Waals surface area contributed by atoms with Crippen LogP contribution in [0.25, 0.3) is 0 Å². The minimum absolute atomic E-state index is 0.0142. The Balaban J connectivity index is 0.000000631. The Morgan fingerprint density at radius 3 is 1.89 bits per heavy atom. The number of rotatable bonds is 2. The van der Waals surface area contributed by atoms with Crippen molar-refractivity contribution in [3.63, 3.8) is 0 Å². The van der Waals surface area contributed by atoms with E-state index >= 15 is 0 Å². The van der Waals surface area contributed by atoms with Gasteiger partial charge in [0, 0.05) is 6.92 Å². The average molecular weight is 258 g/mol. The van der Waals surface area contributed by atoms with Crippen LogP contribution in [-0.2, 0) is 9.53 Å². The minimum Gasteiger partial charge on any atom is -0.504 e. The van der Waals surface area contributed by atoms with Gasteiger partial charge in [0.2, 0.25) is 0 Å². The fourth-order valence-corrected chi connectivity index (χ4v) is 0.936. The van der Waals surface area contributed by atoms with Gasteiger partial charge in [-0.3, -0.25) is 4.79 Å². The quantitative estimate of drug-likeness (QED) is 0.462. The van der Waals surface area contributed by atoms with Gasteiger partial charge in [0.1, 0.15) is 0 Å². The monoisotopic (exact) mass is 258 g/mol. The largest absolute Gasteiger partial charge is 0.504 e. The third-order valence-corrected chi connectivity index (χ3v) is 1.58. The molecule has 18 heavy (non-hydrogen) atoms.